The fraction of sp³-hybridized carbons (Fsp3) is 0.417. The van der Waals surface area contributed by atoms with Crippen LogP contribution in [0.4, 0.5) is 5.82 Å². The molecule has 0 amide bonds. The predicted molar refractivity (Wildman–Crippen MR) is 70.4 cm³/mol. The van der Waals surface area contributed by atoms with Gasteiger partial charge in [0, 0.05) is 23.8 Å². The molecule has 0 aliphatic heterocycles. The van der Waals surface area contributed by atoms with Crippen LogP contribution in [0, 0.1) is 0 Å². The summed E-state index contributed by atoms with van der Waals surface area (Å²) in [5, 5.41) is 3.35. The van der Waals surface area contributed by atoms with Gasteiger partial charge in [0.2, 0.25) is 0 Å². The Morgan fingerprint density at radius 2 is 2.00 bits per heavy atom. The van der Waals surface area contributed by atoms with Gasteiger partial charge in [0.15, 0.2) is 5.65 Å². The average Bonchev–Trinajstić information content (AvgIpc) is 2.28. The zero-order valence-corrected chi connectivity index (χ0v) is 10.7. The molecule has 2 aromatic rings. The standard InChI is InChI=1S/C12H15ClN4/c1-12(2,5-6-13)17-10-4-3-9-11(16-10)15-8-7-14-9/h3-4,7-8H,5-6H2,1-2H3,(H,15,16,17). The summed E-state index contributed by atoms with van der Waals surface area (Å²) in [6, 6.07) is 3.82. The van der Waals surface area contributed by atoms with Crippen molar-refractivity contribution in [2.45, 2.75) is 25.8 Å². The molecule has 5 heteroatoms. The summed E-state index contributed by atoms with van der Waals surface area (Å²) in [4.78, 5) is 12.8. The second-order valence-corrected chi connectivity index (χ2v) is 4.92. The fourth-order valence-electron chi connectivity index (χ4n) is 1.57. The lowest BCUT2D eigenvalue weighted by molar-refractivity contribution is 0.548. The van der Waals surface area contributed by atoms with Gasteiger partial charge in [0.05, 0.1) is 0 Å². The average molecular weight is 251 g/mol. The number of pyridine rings is 1. The molecule has 90 valence electrons. The van der Waals surface area contributed by atoms with Crippen molar-refractivity contribution in [3.63, 3.8) is 0 Å². The number of hydrogen-bond acceptors (Lipinski definition) is 4. The molecule has 17 heavy (non-hydrogen) atoms. The molecule has 0 saturated heterocycles. The van der Waals surface area contributed by atoms with Gasteiger partial charge in [0.1, 0.15) is 11.3 Å². The number of anilines is 1. The molecule has 0 saturated carbocycles. The van der Waals surface area contributed by atoms with Crippen LogP contribution in [0.25, 0.3) is 11.2 Å². The van der Waals surface area contributed by atoms with Crippen molar-refractivity contribution in [1.82, 2.24) is 15.0 Å². The van der Waals surface area contributed by atoms with E-state index in [0.717, 1.165) is 17.8 Å². The molecular formula is C12H15ClN4. The maximum absolute atomic E-state index is 5.76. The van der Waals surface area contributed by atoms with E-state index in [2.05, 4.69) is 34.1 Å². The first-order chi connectivity index (χ1) is 8.11. The van der Waals surface area contributed by atoms with Crippen molar-refractivity contribution in [3.8, 4) is 0 Å². The van der Waals surface area contributed by atoms with Gasteiger partial charge >= 0.3 is 0 Å². The van der Waals surface area contributed by atoms with E-state index in [-0.39, 0.29) is 5.54 Å². The lowest BCUT2D eigenvalue weighted by Gasteiger charge is -2.25. The molecule has 0 unspecified atom stereocenters. The highest BCUT2D eigenvalue weighted by Gasteiger charge is 2.17. The lowest BCUT2D eigenvalue weighted by atomic mass is 10.0. The van der Waals surface area contributed by atoms with E-state index in [0.29, 0.717) is 11.5 Å². The van der Waals surface area contributed by atoms with Gasteiger partial charge in [-0.05, 0) is 32.4 Å². The number of nitrogens with zero attached hydrogens (tertiary/aromatic N) is 3. The molecule has 0 spiro atoms. The van der Waals surface area contributed by atoms with Gasteiger partial charge in [-0.1, -0.05) is 0 Å². The van der Waals surface area contributed by atoms with Gasteiger partial charge in [0.25, 0.3) is 0 Å². The Balaban J connectivity index is 2.25. The van der Waals surface area contributed by atoms with E-state index < -0.39 is 0 Å². The number of hydrogen-bond donors (Lipinski definition) is 1. The normalized spacial score (nSPS) is 11.7. The minimum absolute atomic E-state index is 0.0787. The molecule has 0 aliphatic carbocycles. The number of alkyl halides is 1. The summed E-state index contributed by atoms with van der Waals surface area (Å²) >= 11 is 5.76. The van der Waals surface area contributed by atoms with E-state index in [1.54, 1.807) is 12.4 Å². The first kappa shape index (κ1) is 12.0. The van der Waals surface area contributed by atoms with Gasteiger partial charge in [-0.15, -0.1) is 11.6 Å². The SMILES string of the molecule is CC(C)(CCCl)Nc1ccc2nccnc2n1. The van der Waals surface area contributed by atoms with Gasteiger partial charge in [-0.2, -0.15) is 0 Å². The van der Waals surface area contributed by atoms with Crippen LogP contribution >= 0.6 is 11.6 Å². The first-order valence-electron chi connectivity index (χ1n) is 5.53. The Labute approximate surface area is 105 Å². The Morgan fingerprint density at radius 1 is 1.24 bits per heavy atom. The number of fused-ring (bicyclic) bond motifs is 1. The van der Waals surface area contributed by atoms with Crippen molar-refractivity contribution < 1.29 is 0 Å². The molecule has 0 radical (unpaired) electrons. The number of rotatable bonds is 4. The Kier molecular flexibility index (Phi) is 3.43. The first-order valence-corrected chi connectivity index (χ1v) is 6.06. The van der Waals surface area contributed by atoms with Crippen LogP contribution in [0.2, 0.25) is 0 Å². The molecule has 2 heterocycles. The summed E-state index contributed by atoms with van der Waals surface area (Å²) in [6.45, 7) is 4.19. The van der Waals surface area contributed by atoms with Crippen molar-refractivity contribution in [2.24, 2.45) is 0 Å². The van der Waals surface area contributed by atoms with Crippen LogP contribution in [0.3, 0.4) is 0 Å². The molecule has 0 aromatic carbocycles. The van der Waals surface area contributed by atoms with Crippen molar-refractivity contribution in [3.05, 3.63) is 24.5 Å². The molecule has 2 rings (SSSR count). The summed E-state index contributed by atoms with van der Waals surface area (Å²) in [7, 11) is 0. The van der Waals surface area contributed by atoms with Crippen LogP contribution in [0.5, 0.6) is 0 Å². The van der Waals surface area contributed by atoms with Crippen LogP contribution in [-0.2, 0) is 0 Å². The fourth-order valence-corrected chi connectivity index (χ4v) is 2.04. The van der Waals surface area contributed by atoms with E-state index in [4.69, 9.17) is 11.6 Å². The van der Waals surface area contributed by atoms with Gasteiger partial charge < -0.3 is 5.32 Å². The van der Waals surface area contributed by atoms with E-state index in [1.807, 2.05) is 12.1 Å². The van der Waals surface area contributed by atoms with Gasteiger partial charge in [-0.25, -0.2) is 9.97 Å². The maximum Gasteiger partial charge on any atom is 0.180 e. The molecule has 0 bridgehead atoms. The van der Waals surface area contributed by atoms with Crippen molar-refractivity contribution in [2.75, 3.05) is 11.2 Å². The molecule has 4 nitrogen and oxygen atoms in total. The number of nitrogens with one attached hydrogen (secondary N) is 1. The van der Waals surface area contributed by atoms with E-state index in [1.165, 1.54) is 0 Å². The smallest absolute Gasteiger partial charge is 0.180 e. The summed E-state index contributed by atoms with van der Waals surface area (Å²) < 4.78 is 0. The van der Waals surface area contributed by atoms with E-state index in [9.17, 15) is 0 Å². The second-order valence-electron chi connectivity index (χ2n) is 4.54. The maximum atomic E-state index is 5.76. The monoisotopic (exact) mass is 250 g/mol. The quantitative estimate of drug-likeness (QED) is 0.848. The number of aromatic nitrogens is 3. The summed E-state index contributed by atoms with van der Waals surface area (Å²) in [5.41, 5.74) is 1.37. The minimum atomic E-state index is -0.0787. The number of halogens is 1. The van der Waals surface area contributed by atoms with Crippen LogP contribution in [-0.4, -0.2) is 26.4 Å². The van der Waals surface area contributed by atoms with Crippen molar-refractivity contribution in [1.29, 1.82) is 0 Å². The zero-order valence-electron chi connectivity index (χ0n) is 9.94. The third-order valence-electron chi connectivity index (χ3n) is 2.52. The Morgan fingerprint density at radius 3 is 2.76 bits per heavy atom. The molecule has 0 aliphatic rings. The van der Waals surface area contributed by atoms with Gasteiger partial charge in [-0.3, -0.25) is 4.98 Å². The summed E-state index contributed by atoms with van der Waals surface area (Å²) in [6.07, 6.45) is 4.17. The highest BCUT2D eigenvalue weighted by Crippen LogP contribution is 2.18. The highest BCUT2D eigenvalue weighted by atomic mass is 35.5. The predicted octanol–water partition coefficient (Wildman–Crippen LogP) is 2.84. The van der Waals surface area contributed by atoms with Crippen molar-refractivity contribution >= 4 is 28.6 Å². The lowest BCUT2D eigenvalue weighted by Crippen LogP contribution is -2.31. The van der Waals surface area contributed by atoms with Crippen LogP contribution in [0.15, 0.2) is 24.5 Å². The van der Waals surface area contributed by atoms with E-state index >= 15 is 0 Å². The molecular weight excluding hydrogens is 236 g/mol. The molecule has 0 atom stereocenters. The minimum Gasteiger partial charge on any atom is -0.365 e. The Bertz CT molecular complexity index is 513. The zero-order chi connectivity index (χ0) is 12.3. The second kappa shape index (κ2) is 4.84. The van der Waals surface area contributed by atoms with Crippen LogP contribution in [0.1, 0.15) is 20.3 Å². The molecule has 2 aromatic heterocycles. The van der Waals surface area contributed by atoms with Crippen LogP contribution < -0.4 is 5.32 Å². The molecule has 0 fully saturated rings. The summed E-state index contributed by atoms with van der Waals surface area (Å²) in [5.74, 6) is 1.42. The largest absolute Gasteiger partial charge is 0.365 e. The third-order valence-corrected chi connectivity index (χ3v) is 2.71. The highest BCUT2D eigenvalue weighted by molar-refractivity contribution is 6.17. The molecule has 1 N–H and O–H groups in total. The third kappa shape index (κ3) is 3.03. The Hall–Kier alpha value is -1.42. The topological polar surface area (TPSA) is 50.7 Å².